The molecule has 0 spiro atoms. The Balaban J connectivity index is 2.70. The Morgan fingerprint density at radius 1 is 1.83 bits per heavy atom. The third kappa shape index (κ3) is 2.33. The fourth-order valence-corrected chi connectivity index (χ4v) is 0.815. The number of aliphatic hydroxyl groups is 1. The number of hydrogen-bond acceptors (Lipinski definition) is 4. The quantitative estimate of drug-likeness (QED) is 0.369. The molecule has 4 N–H and O–H groups in total. The highest BCUT2D eigenvalue weighted by molar-refractivity contribution is 6.13. The maximum absolute atomic E-state index is 10.6. The van der Waals surface area contributed by atoms with Gasteiger partial charge >= 0.3 is 5.69 Å². The Bertz CT molecular complexity index is 304. The summed E-state index contributed by atoms with van der Waals surface area (Å²) in [6.45, 7) is 1.47. The summed E-state index contributed by atoms with van der Waals surface area (Å²) in [5, 5.41) is 15.1. The maximum Gasteiger partial charge on any atom is 0.340 e. The molecule has 0 radical (unpaired) electrons. The Hall–Kier alpha value is -0.850. The molecule has 0 bridgehead atoms. The molecule has 12 heavy (non-hydrogen) atoms. The predicted octanol–water partition coefficient (Wildman–Crippen LogP) is -0.908. The summed E-state index contributed by atoms with van der Waals surface area (Å²) in [7, 11) is 0. The lowest BCUT2D eigenvalue weighted by Crippen LogP contribution is -2.38. The van der Waals surface area contributed by atoms with Gasteiger partial charge in [0.2, 0.25) is 0 Å². The highest BCUT2D eigenvalue weighted by atomic mass is 35.5. The first kappa shape index (κ1) is 9.24. The summed E-state index contributed by atoms with van der Waals surface area (Å²) in [5.74, 6) is 0.346. The van der Waals surface area contributed by atoms with Gasteiger partial charge in [-0.2, -0.15) is 5.10 Å². The summed E-state index contributed by atoms with van der Waals surface area (Å²) in [4.78, 5) is 15.1. The van der Waals surface area contributed by atoms with Gasteiger partial charge < -0.3 is 5.11 Å². The number of H-pyrrole nitrogens is 2. The standard InChI is InChI=1S/C5H9ClN4O2/c1-5(12,10-6)2-3-7-4(11)9-8-3/h10,12H,2H2,1H3,(H2,7,8,9,11). The van der Waals surface area contributed by atoms with Gasteiger partial charge in [-0.15, -0.1) is 0 Å². The molecule has 1 rings (SSSR count). The number of hydrogen-bond donors (Lipinski definition) is 4. The van der Waals surface area contributed by atoms with E-state index in [2.05, 4.69) is 20.0 Å². The molecule has 0 amide bonds. The zero-order valence-corrected chi connectivity index (χ0v) is 7.14. The van der Waals surface area contributed by atoms with E-state index in [9.17, 15) is 9.90 Å². The van der Waals surface area contributed by atoms with E-state index in [4.69, 9.17) is 11.8 Å². The summed E-state index contributed by atoms with van der Waals surface area (Å²) in [6.07, 6.45) is 0.120. The van der Waals surface area contributed by atoms with Crippen LogP contribution in [-0.2, 0) is 6.42 Å². The molecule has 0 saturated carbocycles. The van der Waals surface area contributed by atoms with Gasteiger partial charge in [-0.1, -0.05) is 0 Å². The molecule has 68 valence electrons. The van der Waals surface area contributed by atoms with E-state index >= 15 is 0 Å². The molecule has 0 aromatic carbocycles. The molecule has 7 heteroatoms. The van der Waals surface area contributed by atoms with Crippen LogP contribution in [0.25, 0.3) is 0 Å². The molecular weight excluding hydrogens is 184 g/mol. The van der Waals surface area contributed by atoms with Gasteiger partial charge in [-0.3, -0.25) is 4.98 Å². The lowest BCUT2D eigenvalue weighted by atomic mass is 10.2. The summed E-state index contributed by atoms with van der Waals surface area (Å²) < 4.78 is 0. The van der Waals surface area contributed by atoms with E-state index in [1.165, 1.54) is 6.92 Å². The van der Waals surface area contributed by atoms with Gasteiger partial charge in [-0.25, -0.2) is 14.7 Å². The van der Waals surface area contributed by atoms with Gasteiger partial charge in [0, 0.05) is 0 Å². The predicted molar refractivity (Wildman–Crippen MR) is 42.5 cm³/mol. The van der Waals surface area contributed by atoms with E-state index in [0.29, 0.717) is 5.82 Å². The maximum atomic E-state index is 10.6. The average molecular weight is 193 g/mol. The number of rotatable bonds is 3. The van der Waals surface area contributed by atoms with Crippen LogP contribution in [0, 0.1) is 0 Å². The molecule has 1 aromatic heterocycles. The summed E-state index contributed by atoms with van der Waals surface area (Å²) >= 11 is 5.22. The van der Waals surface area contributed by atoms with Crippen LogP contribution in [0.5, 0.6) is 0 Å². The van der Waals surface area contributed by atoms with E-state index in [0.717, 1.165) is 0 Å². The fraction of sp³-hybridized carbons (Fsp3) is 0.600. The number of aromatic nitrogens is 3. The van der Waals surface area contributed by atoms with E-state index in [1.54, 1.807) is 0 Å². The van der Waals surface area contributed by atoms with E-state index in [1.807, 2.05) is 0 Å². The number of nitrogens with one attached hydrogen (secondary N) is 3. The van der Waals surface area contributed by atoms with Crippen molar-refractivity contribution in [2.45, 2.75) is 19.1 Å². The number of halogens is 1. The molecule has 0 aliphatic rings. The SMILES string of the molecule is CC(O)(Cc1n[nH]c(=O)[nH]1)NCl. The Kier molecular flexibility index (Phi) is 2.51. The van der Waals surface area contributed by atoms with Gasteiger partial charge in [-0.05, 0) is 18.7 Å². The topological polar surface area (TPSA) is 93.8 Å². The van der Waals surface area contributed by atoms with Crippen LogP contribution in [0.4, 0.5) is 0 Å². The van der Waals surface area contributed by atoms with Crippen LogP contribution >= 0.6 is 11.8 Å². The molecule has 1 unspecified atom stereocenters. The molecular formula is C5H9ClN4O2. The second-order valence-corrected chi connectivity index (χ2v) is 2.86. The summed E-state index contributed by atoms with van der Waals surface area (Å²) in [5.41, 5.74) is -1.69. The van der Waals surface area contributed by atoms with Crippen molar-refractivity contribution in [1.29, 1.82) is 0 Å². The van der Waals surface area contributed by atoms with Crippen molar-refractivity contribution in [1.82, 2.24) is 20.0 Å². The first-order chi connectivity index (χ1) is 5.53. The van der Waals surface area contributed by atoms with Crippen molar-refractivity contribution < 1.29 is 5.11 Å². The van der Waals surface area contributed by atoms with Crippen molar-refractivity contribution in [2.75, 3.05) is 0 Å². The molecule has 0 fully saturated rings. The molecule has 1 heterocycles. The molecule has 1 atom stereocenters. The Morgan fingerprint density at radius 2 is 2.50 bits per heavy atom. The normalized spacial score (nSPS) is 15.9. The van der Waals surface area contributed by atoms with Crippen LogP contribution in [0.3, 0.4) is 0 Å². The van der Waals surface area contributed by atoms with Gasteiger partial charge in [0.1, 0.15) is 11.5 Å². The van der Waals surface area contributed by atoms with Crippen LogP contribution in [-0.4, -0.2) is 26.0 Å². The second kappa shape index (κ2) is 3.26. The largest absolute Gasteiger partial charge is 0.375 e. The molecule has 0 aliphatic carbocycles. The second-order valence-electron chi connectivity index (χ2n) is 2.67. The highest BCUT2D eigenvalue weighted by Gasteiger charge is 2.20. The monoisotopic (exact) mass is 192 g/mol. The van der Waals surface area contributed by atoms with Crippen molar-refractivity contribution in [3.8, 4) is 0 Å². The third-order valence-electron chi connectivity index (χ3n) is 1.27. The molecule has 0 saturated heterocycles. The van der Waals surface area contributed by atoms with Crippen LogP contribution in [0.2, 0.25) is 0 Å². The smallest absolute Gasteiger partial charge is 0.340 e. The van der Waals surface area contributed by atoms with Crippen LogP contribution in [0.1, 0.15) is 12.7 Å². The first-order valence-corrected chi connectivity index (χ1v) is 3.65. The number of nitrogens with zero attached hydrogens (tertiary/aromatic N) is 1. The van der Waals surface area contributed by atoms with Crippen molar-refractivity contribution in [2.24, 2.45) is 0 Å². The van der Waals surface area contributed by atoms with Crippen molar-refractivity contribution in [3.63, 3.8) is 0 Å². The van der Waals surface area contributed by atoms with E-state index < -0.39 is 11.4 Å². The fourth-order valence-electron chi connectivity index (χ4n) is 0.748. The van der Waals surface area contributed by atoms with Crippen molar-refractivity contribution >= 4 is 11.8 Å². The lowest BCUT2D eigenvalue weighted by molar-refractivity contribution is 0.0475. The van der Waals surface area contributed by atoms with Gasteiger partial charge in [0.15, 0.2) is 0 Å². The summed E-state index contributed by atoms with van der Waals surface area (Å²) in [6, 6.07) is 0. The highest BCUT2D eigenvalue weighted by Crippen LogP contribution is 2.04. The van der Waals surface area contributed by atoms with E-state index in [-0.39, 0.29) is 6.42 Å². The van der Waals surface area contributed by atoms with Crippen LogP contribution in [0.15, 0.2) is 4.79 Å². The van der Waals surface area contributed by atoms with Gasteiger partial charge in [0.25, 0.3) is 0 Å². The minimum absolute atomic E-state index is 0.120. The van der Waals surface area contributed by atoms with Crippen molar-refractivity contribution in [3.05, 3.63) is 16.3 Å². The third-order valence-corrected chi connectivity index (χ3v) is 1.67. The zero-order chi connectivity index (χ0) is 9.19. The minimum Gasteiger partial charge on any atom is -0.375 e. The molecule has 6 nitrogen and oxygen atoms in total. The minimum atomic E-state index is -1.28. The van der Waals surface area contributed by atoms with Crippen LogP contribution < -0.4 is 10.5 Å². The zero-order valence-electron chi connectivity index (χ0n) is 6.39. The molecule has 0 aliphatic heterocycles. The lowest BCUT2D eigenvalue weighted by Gasteiger charge is -2.18. The Morgan fingerprint density at radius 3 is 2.92 bits per heavy atom. The first-order valence-electron chi connectivity index (χ1n) is 3.27. The number of aromatic amines is 2. The Labute approximate surface area is 73.1 Å². The average Bonchev–Trinajstić information content (AvgIpc) is 2.35. The van der Waals surface area contributed by atoms with Gasteiger partial charge in [0.05, 0.1) is 6.42 Å². The molecule has 1 aromatic rings.